The van der Waals surface area contributed by atoms with E-state index in [-0.39, 0.29) is 0 Å². The molecule has 0 N–H and O–H groups in total. The van der Waals surface area contributed by atoms with E-state index >= 15 is 0 Å². The van der Waals surface area contributed by atoms with E-state index in [0.29, 0.717) is 0 Å². The molecule has 0 bridgehead atoms. The highest BCUT2D eigenvalue weighted by Crippen LogP contribution is 2.33. The lowest BCUT2D eigenvalue weighted by atomic mass is 9.96. The molecule has 0 unspecified atom stereocenters. The van der Waals surface area contributed by atoms with Gasteiger partial charge in [-0.1, -0.05) is 48.5 Å². The van der Waals surface area contributed by atoms with Gasteiger partial charge in [-0.05, 0) is 93.7 Å². The molecular formula is C30H20N2. The van der Waals surface area contributed by atoms with Gasteiger partial charge >= 0.3 is 0 Å². The second-order valence-electron chi connectivity index (χ2n) is 8.81. The number of aromatic nitrogens is 2. The van der Waals surface area contributed by atoms with Crippen LogP contribution in [0, 0.1) is 13.8 Å². The topological polar surface area (TPSA) is 25.8 Å². The minimum atomic E-state index is 0.938. The predicted molar refractivity (Wildman–Crippen MR) is 137 cm³/mol. The standard InChI is InChI=1S/C30H20N2/c1-17-7-8-22-16-26-23(15-24(22)18(17)2)10-12-28-30(26)32-27-11-9-21-13-19-5-3-4-6-20(19)14-25(21)29(27)31-28/h3-16H,1-2H3. The fourth-order valence-electron chi connectivity index (χ4n) is 5.02. The van der Waals surface area contributed by atoms with Crippen molar-refractivity contribution in [3.8, 4) is 0 Å². The first-order valence-electron chi connectivity index (χ1n) is 11.0. The van der Waals surface area contributed by atoms with Crippen LogP contribution in [0.5, 0.6) is 0 Å². The third-order valence-corrected chi connectivity index (χ3v) is 6.95. The molecular weight excluding hydrogens is 388 g/mol. The lowest BCUT2D eigenvalue weighted by Crippen LogP contribution is -1.91. The van der Waals surface area contributed by atoms with E-state index in [4.69, 9.17) is 9.97 Å². The van der Waals surface area contributed by atoms with Crippen LogP contribution in [0.2, 0.25) is 0 Å². The van der Waals surface area contributed by atoms with E-state index in [0.717, 1.165) is 32.8 Å². The van der Waals surface area contributed by atoms with Crippen LogP contribution in [0.15, 0.2) is 84.9 Å². The van der Waals surface area contributed by atoms with E-state index in [9.17, 15) is 0 Å². The third kappa shape index (κ3) is 2.41. The molecule has 2 heteroatoms. The van der Waals surface area contributed by atoms with E-state index in [2.05, 4.69) is 98.8 Å². The number of fused-ring (bicyclic) bond motifs is 8. The van der Waals surface area contributed by atoms with E-state index in [1.54, 1.807) is 0 Å². The average molecular weight is 409 g/mol. The van der Waals surface area contributed by atoms with Gasteiger partial charge in [-0.2, -0.15) is 0 Å². The van der Waals surface area contributed by atoms with Crippen LogP contribution in [-0.2, 0) is 0 Å². The van der Waals surface area contributed by atoms with Gasteiger partial charge in [-0.3, -0.25) is 0 Å². The van der Waals surface area contributed by atoms with Crippen molar-refractivity contribution in [1.29, 1.82) is 0 Å². The molecule has 150 valence electrons. The van der Waals surface area contributed by atoms with E-state index in [1.165, 1.54) is 43.4 Å². The summed E-state index contributed by atoms with van der Waals surface area (Å²) in [7, 11) is 0. The fraction of sp³-hybridized carbons (Fsp3) is 0.0667. The van der Waals surface area contributed by atoms with Crippen molar-refractivity contribution in [3.63, 3.8) is 0 Å². The van der Waals surface area contributed by atoms with Crippen LogP contribution in [-0.4, -0.2) is 9.97 Å². The van der Waals surface area contributed by atoms with Gasteiger partial charge in [0.1, 0.15) is 0 Å². The maximum Gasteiger partial charge on any atom is 0.0973 e. The average Bonchev–Trinajstić information content (AvgIpc) is 2.83. The molecule has 0 saturated carbocycles. The molecule has 7 rings (SSSR count). The largest absolute Gasteiger partial charge is 0.244 e. The molecule has 0 aliphatic rings. The molecule has 0 aliphatic carbocycles. The van der Waals surface area contributed by atoms with Gasteiger partial charge in [0, 0.05) is 10.8 Å². The lowest BCUT2D eigenvalue weighted by molar-refractivity contribution is 1.38. The zero-order valence-electron chi connectivity index (χ0n) is 18.0. The maximum absolute atomic E-state index is 5.12. The molecule has 1 heterocycles. The van der Waals surface area contributed by atoms with Gasteiger partial charge in [-0.15, -0.1) is 0 Å². The zero-order valence-corrected chi connectivity index (χ0v) is 18.0. The van der Waals surface area contributed by atoms with Crippen molar-refractivity contribution < 1.29 is 0 Å². The van der Waals surface area contributed by atoms with Crippen LogP contribution in [0.4, 0.5) is 0 Å². The Morgan fingerprint density at radius 3 is 1.66 bits per heavy atom. The molecule has 0 atom stereocenters. The second-order valence-corrected chi connectivity index (χ2v) is 8.81. The van der Waals surface area contributed by atoms with Crippen LogP contribution in [0.1, 0.15) is 11.1 Å². The first-order valence-corrected chi connectivity index (χ1v) is 11.0. The third-order valence-electron chi connectivity index (χ3n) is 6.95. The summed E-state index contributed by atoms with van der Waals surface area (Å²) in [6.07, 6.45) is 0. The number of nitrogens with zero attached hydrogens (tertiary/aromatic N) is 2. The minimum Gasteiger partial charge on any atom is -0.244 e. The Morgan fingerprint density at radius 1 is 0.469 bits per heavy atom. The number of rotatable bonds is 0. The van der Waals surface area contributed by atoms with E-state index in [1.807, 2.05) is 0 Å². The van der Waals surface area contributed by atoms with E-state index < -0.39 is 0 Å². The highest BCUT2D eigenvalue weighted by Gasteiger charge is 2.11. The Balaban J connectivity index is 1.59. The number of hydrogen-bond acceptors (Lipinski definition) is 2. The van der Waals surface area contributed by atoms with Crippen molar-refractivity contribution >= 4 is 65.2 Å². The highest BCUT2D eigenvalue weighted by molar-refractivity contribution is 6.15. The minimum absolute atomic E-state index is 0.938. The van der Waals surface area contributed by atoms with Crippen LogP contribution >= 0.6 is 0 Å². The summed E-state index contributed by atoms with van der Waals surface area (Å²) in [6.45, 7) is 4.37. The number of aryl methyl sites for hydroxylation is 2. The molecule has 0 aliphatic heterocycles. The Bertz CT molecular complexity index is 1900. The highest BCUT2D eigenvalue weighted by atomic mass is 14.8. The Hall–Kier alpha value is -4.04. The Kier molecular flexibility index (Phi) is 3.44. The summed E-state index contributed by atoms with van der Waals surface area (Å²) in [4.78, 5) is 10.2. The van der Waals surface area contributed by atoms with Gasteiger partial charge < -0.3 is 0 Å². The summed E-state index contributed by atoms with van der Waals surface area (Å²) in [6, 6.07) is 30.5. The summed E-state index contributed by atoms with van der Waals surface area (Å²) in [5.74, 6) is 0. The van der Waals surface area contributed by atoms with Crippen molar-refractivity contribution in [2.45, 2.75) is 13.8 Å². The monoisotopic (exact) mass is 408 g/mol. The molecule has 7 aromatic rings. The van der Waals surface area contributed by atoms with Crippen LogP contribution in [0.25, 0.3) is 65.2 Å². The molecule has 0 amide bonds. The van der Waals surface area contributed by atoms with Crippen molar-refractivity contribution in [2.24, 2.45) is 0 Å². The smallest absolute Gasteiger partial charge is 0.0973 e. The summed E-state index contributed by atoms with van der Waals surface area (Å²) in [5.41, 5.74) is 6.47. The Labute approximate surface area is 185 Å². The van der Waals surface area contributed by atoms with Crippen molar-refractivity contribution in [3.05, 3.63) is 96.1 Å². The summed E-state index contributed by atoms with van der Waals surface area (Å²) >= 11 is 0. The van der Waals surface area contributed by atoms with Gasteiger partial charge in [0.2, 0.25) is 0 Å². The predicted octanol–water partition coefficient (Wildman–Crippen LogP) is 8.01. The van der Waals surface area contributed by atoms with Gasteiger partial charge in [0.25, 0.3) is 0 Å². The number of benzene rings is 6. The zero-order chi connectivity index (χ0) is 21.4. The summed E-state index contributed by atoms with van der Waals surface area (Å²) < 4.78 is 0. The van der Waals surface area contributed by atoms with Gasteiger partial charge in [0.15, 0.2) is 0 Å². The normalized spacial score (nSPS) is 12.1. The SMILES string of the molecule is Cc1ccc2cc3c(ccc4nc5c(ccc6cc7ccccc7cc65)nc43)cc2c1C. The second kappa shape index (κ2) is 6.24. The van der Waals surface area contributed by atoms with Gasteiger partial charge in [0.05, 0.1) is 22.1 Å². The molecule has 32 heavy (non-hydrogen) atoms. The van der Waals surface area contributed by atoms with Crippen LogP contribution in [0.3, 0.4) is 0 Å². The Morgan fingerprint density at radius 2 is 0.969 bits per heavy atom. The van der Waals surface area contributed by atoms with Crippen LogP contribution < -0.4 is 0 Å². The molecule has 1 aromatic heterocycles. The quantitative estimate of drug-likeness (QED) is 0.188. The fourth-order valence-corrected chi connectivity index (χ4v) is 5.02. The number of hydrogen-bond donors (Lipinski definition) is 0. The van der Waals surface area contributed by atoms with Crippen molar-refractivity contribution in [2.75, 3.05) is 0 Å². The first kappa shape index (κ1) is 17.6. The molecule has 0 fully saturated rings. The first-order chi connectivity index (χ1) is 15.7. The molecule has 2 nitrogen and oxygen atoms in total. The molecule has 6 aromatic carbocycles. The van der Waals surface area contributed by atoms with Gasteiger partial charge in [-0.25, -0.2) is 9.97 Å². The van der Waals surface area contributed by atoms with Crippen molar-refractivity contribution in [1.82, 2.24) is 9.97 Å². The summed E-state index contributed by atoms with van der Waals surface area (Å²) in [5, 5.41) is 9.75. The maximum atomic E-state index is 5.12. The molecule has 0 spiro atoms. The molecule has 0 saturated heterocycles. The lowest BCUT2D eigenvalue weighted by Gasteiger charge is -2.11. The molecule has 0 radical (unpaired) electrons.